The molecule has 24 heavy (non-hydrogen) atoms. The van der Waals surface area contributed by atoms with Crippen LogP contribution in [0.3, 0.4) is 0 Å². The van der Waals surface area contributed by atoms with Crippen LogP contribution < -0.4 is 10.6 Å². The quantitative estimate of drug-likeness (QED) is 0.377. The van der Waals surface area contributed by atoms with E-state index in [2.05, 4.69) is 60.8 Å². The van der Waals surface area contributed by atoms with Crippen molar-refractivity contribution in [3.05, 3.63) is 38.0 Å². The molecule has 0 unspecified atom stereocenters. The van der Waals surface area contributed by atoms with Crippen molar-refractivity contribution in [2.45, 2.75) is 52.6 Å². The van der Waals surface area contributed by atoms with Crippen LogP contribution in [0.5, 0.6) is 0 Å². The van der Waals surface area contributed by atoms with Gasteiger partial charge in [0.25, 0.3) is 0 Å². The molecule has 2 N–H and O–H groups in total. The number of aliphatic imine (C=N–C) groups is 1. The molecule has 0 radical (unpaired) electrons. The first kappa shape index (κ1) is 21.4. The van der Waals surface area contributed by atoms with Crippen molar-refractivity contribution in [1.82, 2.24) is 15.6 Å². The fraction of sp³-hybridized carbons (Fsp3) is 0.529. The summed E-state index contributed by atoms with van der Waals surface area (Å²) in [4.78, 5) is 11.7. The molecule has 4 nitrogen and oxygen atoms in total. The Hall–Kier alpha value is -0.670. The first-order valence-corrected chi connectivity index (χ1v) is 9.59. The number of rotatable bonds is 5. The van der Waals surface area contributed by atoms with Crippen molar-refractivity contribution in [3.63, 3.8) is 0 Å². The lowest BCUT2D eigenvalue weighted by molar-refractivity contribution is 0.582. The first-order chi connectivity index (χ1) is 10.9. The molecular formula is C17H27IN4S2. The summed E-state index contributed by atoms with van der Waals surface area (Å²) >= 11 is 3.57. The van der Waals surface area contributed by atoms with Crippen LogP contribution in [-0.2, 0) is 24.9 Å². The summed E-state index contributed by atoms with van der Waals surface area (Å²) in [6, 6.07) is 4.38. The third-order valence-electron chi connectivity index (χ3n) is 3.35. The normalized spacial score (nSPS) is 12.0. The topological polar surface area (TPSA) is 49.3 Å². The average Bonchev–Trinajstić information content (AvgIpc) is 3.15. The highest BCUT2D eigenvalue weighted by Gasteiger charge is 2.17. The Morgan fingerprint density at radius 3 is 2.38 bits per heavy atom. The molecule has 0 saturated heterocycles. The van der Waals surface area contributed by atoms with Gasteiger partial charge in [-0.25, -0.2) is 4.98 Å². The van der Waals surface area contributed by atoms with Crippen molar-refractivity contribution in [2.75, 3.05) is 7.05 Å². The first-order valence-electron chi connectivity index (χ1n) is 7.89. The molecule has 0 saturated carbocycles. The van der Waals surface area contributed by atoms with E-state index in [1.807, 2.05) is 11.3 Å². The van der Waals surface area contributed by atoms with Crippen molar-refractivity contribution in [1.29, 1.82) is 0 Å². The monoisotopic (exact) mass is 478 g/mol. The van der Waals surface area contributed by atoms with E-state index >= 15 is 0 Å². The number of hydrogen-bond donors (Lipinski definition) is 2. The summed E-state index contributed by atoms with van der Waals surface area (Å²) in [5.74, 6) is 0.807. The minimum absolute atomic E-state index is 0. The highest BCUT2D eigenvalue weighted by molar-refractivity contribution is 14.0. The zero-order valence-electron chi connectivity index (χ0n) is 15.0. The van der Waals surface area contributed by atoms with Crippen LogP contribution in [0.25, 0.3) is 0 Å². The highest BCUT2D eigenvalue weighted by Crippen LogP contribution is 2.25. The Labute approximate surface area is 170 Å². The summed E-state index contributed by atoms with van der Waals surface area (Å²) in [5, 5.41) is 9.97. The van der Waals surface area contributed by atoms with Crippen LogP contribution in [0.2, 0.25) is 0 Å². The highest BCUT2D eigenvalue weighted by atomic mass is 127. The third-order valence-corrected chi connectivity index (χ3v) is 5.90. The van der Waals surface area contributed by atoms with E-state index in [0.717, 1.165) is 24.6 Å². The molecular weight excluding hydrogens is 451 g/mol. The summed E-state index contributed by atoms with van der Waals surface area (Å²) < 4.78 is 0. The zero-order valence-corrected chi connectivity index (χ0v) is 18.9. The van der Waals surface area contributed by atoms with E-state index in [-0.39, 0.29) is 29.4 Å². The van der Waals surface area contributed by atoms with Gasteiger partial charge in [-0.3, -0.25) is 4.99 Å². The number of halogens is 1. The van der Waals surface area contributed by atoms with Gasteiger partial charge in [-0.15, -0.1) is 46.7 Å². The van der Waals surface area contributed by atoms with Gasteiger partial charge in [0.15, 0.2) is 5.96 Å². The third kappa shape index (κ3) is 6.33. The fourth-order valence-corrected chi connectivity index (χ4v) is 3.81. The van der Waals surface area contributed by atoms with E-state index in [4.69, 9.17) is 4.98 Å². The Kier molecular flexibility index (Phi) is 8.66. The van der Waals surface area contributed by atoms with Gasteiger partial charge in [0, 0.05) is 27.6 Å². The fourth-order valence-electron chi connectivity index (χ4n) is 2.01. The van der Waals surface area contributed by atoms with Gasteiger partial charge < -0.3 is 10.6 Å². The van der Waals surface area contributed by atoms with Crippen LogP contribution in [0.15, 0.2) is 22.5 Å². The zero-order chi connectivity index (χ0) is 16.9. The molecule has 7 heteroatoms. The molecule has 2 rings (SSSR count). The van der Waals surface area contributed by atoms with Crippen molar-refractivity contribution in [2.24, 2.45) is 4.99 Å². The number of thiazole rings is 1. The lowest BCUT2D eigenvalue weighted by Crippen LogP contribution is -2.36. The number of nitrogens with zero attached hydrogens (tertiary/aromatic N) is 2. The number of thiophene rings is 1. The maximum absolute atomic E-state index is 4.70. The van der Waals surface area contributed by atoms with Gasteiger partial charge in [-0.1, -0.05) is 27.7 Å². The molecule has 0 fully saturated rings. The number of nitrogens with one attached hydrogen (secondary N) is 2. The van der Waals surface area contributed by atoms with Gasteiger partial charge in [0.1, 0.15) is 0 Å². The number of hydrogen-bond acceptors (Lipinski definition) is 4. The number of aromatic nitrogens is 1. The van der Waals surface area contributed by atoms with Crippen LogP contribution in [-0.4, -0.2) is 18.0 Å². The van der Waals surface area contributed by atoms with Gasteiger partial charge in [0.2, 0.25) is 0 Å². The second-order valence-electron chi connectivity index (χ2n) is 6.39. The van der Waals surface area contributed by atoms with Gasteiger partial charge in [-0.05, 0) is 18.6 Å². The van der Waals surface area contributed by atoms with Crippen molar-refractivity contribution < 1.29 is 0 Å². The minimum atomic E-state index is 0. The standard InChI is InChI=1S/C17H26N4S2.HI/c1-6-13-7-8-14(23-13)10-20-16(18-5)19-9-12-11-22-15(21-12)17(2,3)4;/h7-8,11H,6,9-10H2,1-5H3,(H2,18,19,20);1H. The Morgan fingerprint density at radius 1 is 1.17 bits per heavy atom. The molecule has 0 atom stereocenters. The van der Waals surface area contributed by atoms with Crippen LogP contribution in [0.1, 0.15) is 48.2 Å². The predicted octanol–water partition coefficient (Wildman–Crippen LogP) is 4.55. The molecule has 0 spiro atoms. The van der Waals surface area contributed by atoms with Crippen molar-refractivity contribution >= 4 is 52.6 Å². The van der Waals surface area contributed by atoms with Crippen LogP contribution in [0.4, 0.5) is 0 Å². The Bertz CT molecular complexity index is 656. The molecule has 0 bridgehead atoms. The van der Waals surface area contributed by atoms with E-state index in [1.165, 1.54) is 14.8 Å². The lowest BCUT2D eigenvalue weighted by atomic mass is 9.98. The molecule has 0 aliphatic heterocycles. The summed E-state index contributed by atoms with van der Waals surface area (Å²) in [6.07, 6.45) is 1.09. The molecule has 0 aromatic carbocycles. The lowest BCUT2D eigenvalue weighted by Gasteiger charge is -2.13. The summed E-state index contributed by atoms with van der Waals surface area (Å²) in [7, 11) is 1.79. The number of guanidine groups is 1. The maximum Gasteiger partial charge on any atom is 0.191 e. The summed E-state index contributed by atoms with van der Waals surface area (Å²) in [6.45, 7) is 10.2. The molecule has 2 aromatic heterocycles. The van der Waals surface area contributed by atoms with Gasteiger partial charge in [0.05, 0.1) is 23.8 Å². The van der Waals surface area contributed by atoms with Gasteiger partial charge in [-0.2, -0.15) is 0 Å². The summed E-state index contributed by atoms with van der Waals surface area (Å²) in [5.41, 5.74) is 1.17. The Morgan fingerprint density at radius 2 is 1.83 bits per heavy atom. The largest absolute Gasteiger partial charge is 0.352 e. The SMILES string of the molecule is CCc1ccc(CNC(=NC)NCc2csc(C(C)(C)C)n2)s1.I. The molecule has 0 aliphatic carbocycles. The van der Waals surface area contributed by atoms with E-state index in [1.54, 1.807) is 18.4 Å². The van der Waals surface area contributed by atoms with Crippen LogP contribution in [0, 0.1) is 0 Å². The van der Waals surface area contributed by atoms with Gasteiger partial charge >= 0.3 is 0 Å². The predicted molar refractivity (Wildman–Crippen MR) is 117 cm³/mol. The molecule has 0 aliphatic rings. The van der Waals surface area contributed by atoms with Crippen LogP contribution >= 0.6 is 46.7 Å². The Balaban J connectivity index is 0.00000288. The second-order valence-corrected chi connectivity index (χ2v) is 8.51. The molecule has 134 valence electrons. The number of aryl methyl sites for hydroxylation is 1. The molecule has 0 amide bonds. The second kappa shape index (κ2) is 9.72. The molecule has 2 heterocycles. The van der Waals surface area contributed by atoms with E-state index in [9.17, 15) is 0 Å². The van der Waals surface area contributed by atoms with E-state index in [0.29, 0.717) is 6.54 Å². The molecule has 2 aromatic rings. The van der Waals surface area contributed by atoms with E-state index < -0.39 is 0 Å². The smallest absolute Gasteiger partial charge is 0.191 e. The minimum Gasteiger partial charge on any atom is -0.352 e. The van der Waals surface area contributed by atoms with Crippen molar-refractivity contribution in [3.8, 4) is 0 Å². The average molecular weight is 478 g/mol. The maximum atomic E-state index is 4.70.